The van der Waals surface area contributed by atoms with Crippen LogP contribution in [0.3, 0.4) is 0 Å². The van der Waals surface area contributed by atoms with Gasteiger partial charge in [-0.25, -0.2) is 0 Å². The minimum Gasteiger partial charge on any atom is -0.463 e. The lowest BCUT2D eigenvalue weighted by Gasteiger charge is -2.08. The second-order valence-electron chi connectivity index (χ2n) is 3.51. The van der Waals surface area contributed by atoms with Crippen LogP contribution in [0, 0.1) is 5.92 Å². The molecule has 82 valence electrons. The van der Waals surface area contributed by atoms with E-state index in [9.17, 15) is 4.79 Å². The van der Waals surface area contributed by atoms with Crippen molar-refractivity contribution in [2.24, 2.45) is 5.92 Å². The Morgan fingerprint density at radius 3 is 2.86 bits per heavy atom. The third-order valence-corrected chi connectivity index (χ3v) is 2.19. The highest BCUT2D eigenvalue weighted by Crippen LogP contribution is 2.08. The lowest BCUT2D eigenvalue weighted by atomic mass is 10.1. The molecule has 0 aromatic carbocycles. The molecule has 0 aromatic rings. The van der Waals surface area contributed by atoms with Gasteiger partial charge in [0.05, 0.1) is 25.7 Å². The van der Waals surface area contributed by atoms with Gasteiger partial charge in [0.15, 0.2) is 0 Å². The Hall–Kier alpha value is -0.610. The van der Waals surface area contributed by atoms with Crippen LogP contribution < -0.4 is 0 Å². The first-order valence-electron chi connectivity index (χ1n) is 5.10. The molecule has 1 aliphatic rings. The summed E-state index contributed by atoms with van der Waals surface area (Å²) in [5.41, 5.74) is 0. The molecule has 0 bridgehead atoms. The molecule has 1 fully saturated rings. The van der Waals surface area contributed by atoms with Crippen LogP contribution in [0.1, 0.15) is 20.3 Å². The van der Waals surface area contributed by atoms with Crippen LogP contribution in [0.5, 0.6) is 0 Å². The van der Waals surface area contributed by atoms with Crippen molar-refractivity contribution in [1.82, 2.24) is 0 Å². The summed E-state index contributed by atoms with van der Waals surface area (Å²) in [6, 6.07) is 0. The van der Waals surface area contributed by atoms with E-state index in [0.717, 1.165) is 13.0 Å². The monoisotopic (exact) mass is 202 g/mol. The lowest BCUT2D eigenvalue weighted by Crippen LogP contribution is -2.17. The van der Waals surface area contributed by atoms with Crippen molar-refractivity contribution in [3.8, 4) is 0 Å². The number of carbonyl (C=O) groups excluding carboxylic acids is 1. The standard InChI is InChI=1S/C10H18O4/c1-3-8(2)10(11)13-5-4-12-6-9-7-14-9/h8-9H,3-7H2,1-2H3. The number of hydrogen-bond donors (Lipinski definition) is 0. The van der Waals surface area contributed by atoms with E-state index in [0.29, 0.717) is 19.8 Å². The molecule has 1 rings (SSSR count). The zero-order valence-electron chi connectivity index (χ0n) is 8.82. The van der Waals surface area contributed by atoms with E-state index in [-0.39, 0.29) is 18.0 Å². The molecular weight excluding hydrogens is 184 g/mol. The maximum atomic E-state index is 11.2. The van der Waals surface area contributed by atoms with Crippen molar-refractivity contribution >= 4 is 5.97 Å². The predicted molar refractivity (Wildman–Crippen MR) is 51.0 cm³/mol. The fourth-order valence-corrected chi connectivity index (χ4v) is 0.889. The van der Waals surface area contributed by atoms with Crippen molar-refractivity contribution < 1.29 is 19.0 Å². The van der Waals surface area contributed by atoms with E-state index < -0.39 is 0 Å². The fraction of sp³-hybridized carbons (Fsp3) is 0.900. The van der Waals surface area contributed by atoms with Gasteiger partial charge in [-0.3, -0.25) is 4.79 Å². The first kappa shape index (κ1) is 11.5. The van der Waals surface area contributed by atoms with Crippen molar-refractivity contribution in [2.75, 3.05) is 26.4 Å². The predicted octanol–water partition coefficient (Wildman–Crippen LogP) is 0.991. The normalized spacial score (nSPS) is 21.7. The Bertz CT molecular complexity index is 177. The van der Waals surface area contributed by atoms with Crippen LogP contribution in [-0.2, 0) is 19.0 Å². The van der Waals surface area contributed by atoms with E-state index in [1.54, 1.807) is 0 Å². The first-order valence-corrected chi connectivity index (χ1v) is 5.10. The van der Waals surface area contributed by atoms with E-state index in [4.69, 9.17) is 14.2 Å². The highest BCUT2D eigenvalue weighted by molar-refractivity contribution is 5.71. The quantitative estimate of drug-likeness (QED) is 0.351. The molecule has 14 heavy (non-hydrogen) atoms. The Morgan fingerprint density at radius 2 is 2.29 bits per heavy atom. The lowest BCUT2D eigenvalue weighted by molar-refractivity contribution is -0.149. The van der Waals surface area contributed by atoms with Gasteiger partial charge in [-0.1, -0.05) is 13.8 Å². The Kier molecular flexibility index (Phi) is 4.90. The molecule has 1 aliphatic heterocycles. The van der Waals surface area contributed by atoms with Crippen LogP contribution in [0.2, 0.25) is 0 Å². The Labute approximate surface area is 84.5 Å². The molecule has 0 spiro atoms. The smallest absolute Gasteiger partial charge is 0.308 e. The zero-order chi connectivity index (χ0) is 10.4. The highest BCUT2D eigenvalue weighted by Gasteiger charge is 2.22. The fourth-order valence-electron chi connectivity index (χ4n) is 0.889. The minimum absolute atomic E-state index is 0.0123. The third kappa shape index (κ3) is 4.58. The molecule has 0 radical (unpaired) electrons. The molecule has 2 unspecified atom stereocenters. The summed E-state index contributed by atoms with van der Waals surface area (Å²) in [6.45, 7) is 6.04. The molecule has 1 saturated heterocycles. The van der Waals surface area contributed by atoms with Crippen LogP contribution in [0.25, 0.3) is 0 Å². The van der Waals surface area contributed by atoms with Crippen molar-refractivity contribution in [2.45, 2.75) is 26.4 Å². The van der Waals surface area contributed by atoms with Gasteiger partial charge in [0.2, 0.25) is 0 Å². The van der Waals surface area contributed by atoms with Crippen LogP contribution in [0.15, 0.2) is 0 Å². The average molecular weight is 202 g/mol. The SMILES string of the molecule is CCC(C)C(=O)OCCOCC1CO1. The molecule has 0 amide bonds. The molecular formula is C10H18O4. The largest absolute Gasteiger partial charge is 0.463 e. The second-order valence-corrected chi connectivity index (χ2v) is 3.51. The van der Waals surface area contributed by atoms with Gasteiger partial charge in [-0.15, -0.1) is 0 Å². The second kappa shape index (κ2) is 5.98. The topological polar surface area (TPSA) is 48.1 Å². The van der Waals surface area contributed by atoms with Crippen molar-refractivity contribution in [1.29, 1.82) is 0 Å². The molecule has 0 saturated carbocycles. The molecule has 2 atom stereocenters. The van der Waals surface area contributed by atoms with Crippen molar-refractivity contribution in [3.63, 3.8) is 0 Å². The van der Waals surface area contributed by atoms with E-state index >= 15 is 0 Å². The van der Waals surface area contributed by atoms with Crippen LogP contribution in [0.4, 0.5) is 0 Å². The zero-order valence-corrected chi connectivity index (χ0v) is 8.82. The first-order chi connectivity index (χ1) is 6.74. The molecule has 4 nitrogen and oxygen atoms in total. The number of esters is 1. The summed E-state index contributed by atoms with van der Waals surface area (Å²) < 4.78 is 15.2. The van der Waals surface area contributed by atoms with Gasteiger partial charge in [0, 0.05) is 0 Å². The van der Waals surface area contributed by atoms with Crippen LogP contribution in [-0.4, -0.2) is 38.5 Å². The summed E-state index contributed by atoms with van der Waals surface area (Å²) in [5.74, 6) is -0.152. The van der Waals surface area contributed by atoms with Gasteiger partial charge in [0.25, 0.3) is 0 Å². The van der Waals surface area contributed by atoms with Gasteiger partial charge in [0.1, 0.15) is 12.7 Å². The number of hydrogen-bond acceptors (Lipinski definition) is 4. The van der Waals surface area contributed by atoms with Crippen LogP contribution >= 0.6 is 0 Å². The number of epoxide rings is 1. The van der Waals surface area contributed by atoms with E-state index in [1.165, 1.54) is 0 Å². The summed E-state index contributed by atoms with van der Waals surface area (Å²) >= 11 is 0. The van der Waals surface area contributed by atoms with E-state index in [1.807, 2.05) is 13.8 Å². The van der Waals surface area contributed by atoms with Gasteiger partial charge in [-0.05, 0) is 6.42 Å². The molecule has 1 heterocycles. The molecule has 0 N–H and O–H groups in total. The van der Waals surface area contributed by atoms with Crippen molar-refractivity contribution in [3.05, 3.63) is 0 Å². The summed E-state index contributed by atoms with van der Waals surface area (Å²) in [4.78, 5) is 11.2. The highest BCUT2D eigenvalue weighted by atomic mass is 16.6. The summed E-state index contributed by atoms with van der Waals surface area (Å²) in [5, 5.41) is 0. The Morgan fingerprint density at radius 1 is 1.57 bits per heavy atom. The van der Waals surface area contributed by atoms with E-state index in [2.05, 4.69) is 0 Å². The number of carbonyl (C=O) groups is 1. The number of rotatable bonds is 7. The molecule has 0 aromatic heterocycles. The average Bonchev–Trinajstić information content (AvgIpc) is 2.99. The molecule has 0 aliphatic carbocycles. The minimum atomic E-state index is -0.140. The number of ether oxygens (including phenoxy) is 3. The maximum absolute atomic E-state index is 11.2. The summed E-state index contributed by atoms with van der Waals surface area (Å²) in [6.07, 6.45) is 1.09. The van der Waals surface area contributed by atoms with Gasteiger partial charge < -0.3 is 14.2 Å². The van der Waals surface area contributed by atoms with Gasteiger partial charge >= 0.3 is 5.97 Å². The third-order valence-electron chi connectivity index (χ3n) is 2.19. The van der Waals surface area contributed by atoms with Gasteiger partial charge in [-0.2, -0.15) is 0 Å². The molecule has 4 heteroatoms. The Balaban J connectivity index is 1.88. The summed E-state index contributed by atoms with van der Waals surface area (Å²) in [7, 11) is 0. The maximum Gasteiger partial charge on any atom is 0.308 e.